The van der Waals surface area contributed by atoms with Crippen LogP contribution in [0.2, 0.25) is 0 Å². The number of hydrogen-bond acceptors (Lipinski definition) is 3. The first-order valence-corrected chi connectivity index (χ1v) is 7.76. The minimum atomic E-state index is -0.334. The summed E-state index contributed by atoms with van der Waals surface area (Å²) in [6.07, 6.45) is 2.24. The van der Waals surface area contributed by atoms with Gasteiger partial charge in [-0.2, -0.15) is 0 Å². The number of likely N-dealkylation sites (tertiary alicyclic amines) is 1. The molecule has 120 valence electrons. The second kappa shape index (κ2) is 9.59. The molecule has 0 aromatic rings. The molecular weight excluding hydrogens is 274 g/mol. The molecule has 1 aliphatic rings. The lowest BCUT2D eigenvalue weighted by Gasteiger charge is -2.36. The molecule has 0 unspecified atom stereocenters. The van der Waals surface area contributed by atoms with Crippen LogP contribution in [0.15, 0.2) is 0 Å². The van der Waals surface area contributed by atoms with Crippen molar-refractivity contribution in [1.82, 2.24) is 9.80 Å². The number of carbonyl (C=O) groups excluding carboxylic acids is 1. The van der Waals surface area contributed by atoms with Crippen molar-refractivity contribution in [3.8, 4) is 0 Å². The molecular formula is C15H32ClN3O. The third-order valence-corrected chi connectivity index (χ3v) is 4.34. The van der Waals surface area contributed by atoms with Gasteiger partial charge in [-0.05, 0) is 37.8 Å². The topological polar surface area (TPSA) is 49.6 Å². The summed E-state index contributed by atoms with van der Waals surface area (Å²) < 4.78 is 0. The van der Waals surface area contributed by atoms with Crippen molar-refractivity contribution in [3.05, 3.63) is 0 Å². The largest absolute Gasteiger partial charge is 0.341 e. The smallest absolute Gasteiger partial charge is 0.239 e. The number of hydrogen-bond donors (Lipinski definition) is 1. The van der Waals surface area contributed by atoms with Crippen molar-refractivity contribution in [3.63, 3.8) is 0 Å². The van der Waals surface area contributed by atoms with E-state index in [0.717, 1.165) is 44.9 Å². The molecule has 0 spiro atoms. The van der Waals surface area contributed by atoms with Gasteiger partial charge in [0, 0.05) is 19.6 Å². The molecule has 1 atom stereocenters. The number of nitrogens with two attached hydrogens (primary N) is 1. The highest BCUT2D eigenvalue weighted by Crippen LogP contribution is 2.19. The zero-order chi connectivity index (χ0) is 14.4. The van der Waals surface area contributed by atoms with Crippen LogP contribution in [0.25, 0.3) is 0 Å². The molecule has 0 radical (unpaired) electrons. The van der Waals surface area contributed by atoms with Crippen LogP contribution in [0.4, 0.5) is 0 Å². The zero-order valence-electron chi connectivity index (χ0n) is 13.5. The molecule has 4 nitrogen and oxygen atoms in total. The summed E-state index contributed by atoms with van der Waals surface area (Å²) in [6.45, 7) is 13.6. The summed E-state index contributed by atoms with van der Waals surface area (Å²) >= 11 is 0. The molecule has 0 aromatic carbocycles. The summed E-state index contributed by atoms with van der Waals surface area (Å²) in [7, 11) is 0. The van der Waals surface area contributed by atoms with Gasteiger partial charge in [0.25, 0.3) is 0 Å². The van der Waals surface area contributed by atoms with E-state index < -0.39 is 0 Å². The molecule has 2 N–H and O–H groups in total. The van der Waals surface area contributed by atoms with Gasteiger partial charge in [-0.1, -0.05) is 27.7 Å². The van der Waals surface area contributed by atoms with Crippen molar-refractivity contribution in [2.45, 2.75) is 46.6 Å². The van der Waals surface area contributed by atoms with Crippen LogP contribution in [0.1, 0.15) is 40.5 Å². The Morgan fingerprint density at radius 2 is 1.75 bits per heavy atom. The predicted molar refractivity (Wildman–Crippen MR) is 87.2 cm³/mol. The van der Waals surface area contributed by atoms with Gasteiger partial charge in [0.2, 0.25) is 5.91 Å². The van der Waals surface area contributed by atoms with E-state index in [9.17, 15) is 4.79 Å². The fourth-order valence-electron chi connectivity index (χ4n) is 2.68. The highest BCUT2D eigenvalue weighted by atomic mass is 35.5. The van der Waals surface area contributed by atoms with Crippen molar-refractivity contribution in [2.75, 3.05) is 32.7 Å². The molecule has 1 aliphatic heterocycles. The Hall–Kier alpha value is -0.320. The van der Waals surface area contributed by atoms with Gasteiger partial charge in [0.1, 0.15) is 0 Å². The molecule has 20 heavy (non-hydrogen) atoms. The monoisotopic (exact) mass is 305 g/mol. The maximum Gasteiger partial charge on any atom is 0.239 e. The van der Waals surface area contributed by atoms with Crippen LogP contribution >= 0.6 is 12.4 Å². The van der Waals surface area contributed by atoms with Crippen LogP contribution in [0, 0.1) is 11.8 Å². The van der Waals surface area contributed by atoms with Crippen LogP contribution in [0.5, 0.6) is 0 Å². The maximum absolute atomic E-state index is 12.2. The average Bonchev–Trinajstić information content (AvgIpc) is 2.43. The van der Waals surface area contributed by atoms with Gasteiger partial charge < -0.3 is 15.5 Å². The summed E-state index contributed by atoms with van der Waals surface area (Å²) in [6, 6.07) is -0.334. The highest BCUT2D eigenvalue weighted by molar-refractivity contribution is 5.85. The minimum absolute atomic E-state index is 0. The van der Waals surface area contributed by atoms with Gasteiger partial charge in [0.15, 0.2) is 0 Å². The van der Waals surface area contributed by atoms with Crippen LogP contribution in [0.3, 0.4) is 0 Å². The molecule has 5 heteroatoms. The molecule has 0 aromatic heterocycles. The summed E-state index contributed by atoms with van der Waals surface area (Å²) in [5, 5.41) is 0. The average molecular weight is 306 g/mol. The number of nitrogens with zero attached hydrogens (tertiary/aromatic N) is 2. The Balaban J connectivity index is 0.00000361. The molecule has 0 aliphatic carbocycles. The Bertz CT molecular complexity index is 274. The standard InChI is InChI=1S/C15H31N3O.ClH/c1-5-17(6-2)11-13-7-9-18(10-8-13)15(19)14(16)12(3)4;/h12-14H,5-11,16H2,1-4H3;1H/t14-;/m0./s1. The second-order valence-electron chi connectivity index (χ2n) is 6.02. The molecule has 0 saturated carbocycles. The number of rotatable bonds is 6. The van der Waals surface area contributed by atoms with E-state index in [-0.39, 0.29) is 30.3 Å². The van der Waals surface area contributed by atoms with Crippen LogP contribution in [-0.4, -0.2) is 54.5 Å². The Morgan fingerprint density at radius 3 is 2.15 bits per heavy atom. The van der Waals surface area contributed by atoms with E-state index in [1.54, 1.807) is 0 Å². The summed E-state index contributed by atoms with van der Waals surface area (Å²) in [5.41, 5.74) is 5.95. The second-order valence-corrected chi connectivity index (χ2v) is 6.02. The van der Waals surface area contributed by atoms with Crippen LogP contribution < -0.4 is 5.73 Å². The van der Waals surface area contributed by atoms with E-state index >= 15 is 0 Å². The molecule has 1 amide bonds. The van der Waals surface area contributed by atoms with E-state index in [1.807, 2.05) is 18.7 Å². The number of amides is 1. The fraction of sp³-hybridized carbons (Fsp3) is 0.933. The Morgan fingerprint density at radius 1 is 1.25 bits per heavy atom. The van der Waals surface area contributed by atoms with Crippen LogP contribution in [-0.2, 0) is 4.79 Å². The quantitative estimate of drug-likeness (QED) is 0.816. The van der Waals surface area contributed by atoms with Gasteiger partial charge in [-0.15, -0.1) is 12.4 Å². The van der Waals surface area contributed by atoms with Crippen molar-refractivity contribution < 1.29 is 4.79 Å². The molecule has 1 saturated heterocycles. The first kappa shape index (κ1) is 19.7. The lowest BCUT2D eigenvalue weighted by Crippen LogP contribution is -2.50. The predicted octanol–water partition coefficient (Wildman–Crippen LogP) is 1.97. The molecule has 1 fully saturated rings. The van der Waals surface area contributed by atoms with Gasteiger partial charge in [-0.3, -0.25) is 4.79 Å². The summed E-state index contributed by atoms with van der Waals surface area (Å²) in [5.74, 6) is 1.09. The lowest BCUT2D eigenvalue weighted by atomic mass is 9.94. The van der Waals surface area contributed by atoms with Gasteiger partial charge in [-0.25, -0.2) is 0 Å². The minimum Gasteiger partial charge on any atom is -0.341 e. The van der Waals surface area contributed by atoms with E-state index in [0.29, 0.717) is 0 Å². The van der Waals surface area contributed by atoms with E-state index in [1.165, 1.54) is 6.54 Å². The van der Waals surface area contributed by atoms with Crippen molar-refractivity contribution in [1.29, 1.82) is 0 Å². The molecule has 1 rings (SSSR count). The Labute approximate surface area is 130 Å². The number of carbonyl (C=O) groups is 1. The first-order chi connectivity index (χ1) is 8.99. The van der Waals surface area contributed by atoms with Gasteiger partial charge >= 0.3 is 0 Å². The molecule has 1 heterocycles. The fourth-order valence-corrected chi connectivity index (χ4v) is 2.68. The highest BCUT2D eigenvalue weighted by Gasteiger charge is 2.28. The third-order valence-electron chi connectivity index (χ3n) is 4.34. The number of halogens is 1. The van der Waals surface area contributed by atoms with Gasteiger partial charge in [0.05, 0.1) is 6.04 Å². The Kier molecular flexibility index (Phi) is 9.43. The normalized spacial score (nSPS) is 18.2. The SMILES string of the molecule is CCN(CC)CC1CCN(C(=O)[C@@H](N)C(C)C)CC1.Cl. The number of piperidine rings is 1. The lowest BCUT2D eigenvalue weighted by molar-refractivity contribution is -0.135. The van der Waals surface area contributed by atoms with Crippen molar-refractivity contribution >= 4 is 18.3 Å². The van der Waals surface area contributed by atoms with E-state index in [2.05, 4.69) is 18.7 Å². The third kappa shape index (κ3) is 5.58. The maximum atomic E-state index is 12.2. The molecule has 0 bridgehead atoms. The summed E-state index contributed by atoms with van der Waals surface area (Å²) in [4.78, 5) is 16.6. The van der Waals surface area contributed by atoms with E-state index in [4.69, 9.17) is 5.73 Å². The van der Waals surface area contributed by atoms with Crippen molar-refractivity contribution in [2.24, 2.45) is 17.6 Å². The first-order valence-electron chi connectivity index (χ1n) is 7.76. The zero-order valence-corrected chi connectivity index (χ0v) is 14.3.